The zero-order chi connectivity index (χ0) is 24.0. The third-order valence-corrected chi connectivity index (χ3v) is 4.17. The first-order valence-electron chi connectivity index (χ1n) is 9.29. The first-order chi connectivity index (χ1) is 15.8. The fourth-order valence-electron chi connectivity index (χ4n) is 2.70. The van der Waals surface area contributed by atoms with Gasteiger partial charge in [0.25, 0.3) is 11.8 Å². The van der Waals surface area contributed by atoms with E-state index < -0.39 is 33.8 Å². The van der Waals surface area contributed by atoms with Gasteiger partial charge in [0.05, 0.1) is 12.0 Å². The number of methoxy groups -OCH3 is 1. The topological polar surface area (TPSA) is 157 Å². The van der Waals surface area contributed by atoms with Crippen LogP contribution < -0.4 is 20.3 Å². The Labute approximate surface area is 185 Å². The smallest absolute Gasteiger partial charge is 0.395 e. The number of aromatic hydroxyl groups is 1. The van der Waals surface area contributed by atoms with Crippen LogP contribution in [-0.2, 0) is 4.79 Å². The van der Waals surface area contributed by atoms with E-state index in [-0.39, 0.29) is 18.2 Å². The van der Waals surface area contributed by atoms with Gasteiger partial charge in [0.1, 0.15) is 11.6 Å². The molecule has 3 aromatic rings. The molecule has 1 aromatic heterocycles. The van der Waals surface area contributed by atoms with Gasteiger partial charge in [-0.3, -0.25) is 19.7 Å². The molecule has 0 atom stereocenters. The molecule has 0 fully saturated rings. The second-order valence-corrected chi connectivity index (χ2v) is 6.47. The molecule has 0 aliphatic carbocycles. The number of halogens is 1. The van der Waals surface area contributed by atoms with Crippen molar-refractivity contribution in [2.75, 3.05) is 19.0 Å². The molecule has 12 heteroatoms. The molecule has 0 spiro atoms. The number of aromatic nitrogens is 2. The fraction of sp³-hybridized carbons (Fsp3) is 0.0952. The molecular formula is C21H17FN4O7. The third kappa shape index (κ3) is 5.91. The molecule has 0 aliphatic heterocycles. The molecular weight excluding hydrogens is 439 g/mol. The van der Waals surface area contributed by atoms with Gasteiger partial charge in [-0.25, -0.2) is 4.39 Å². The molecule has 0 saturated carbocycles. The molecule has 3 rings (SSSR count). The highest BCUT2D eigenvalue weighted by Gasteiger charge is 2.21. The van der Waals surface area contributed by atoms with Crippen molar-refractivity contribution in [3.63, 3.8) is 0 Å². The fourth-order valence-corrected chi connectivity index (χ4v) is 2.70. The predicted molar refractivity (Wildman–Crippen MR) is 116 cm³/mol. The molecule has 3 N–H and O–H groups in total. The van der Waals surface area contributed by atoms with Gasteiger partial charge in [0.2, 0.25) is 0 Å². The standard InChI is InChI=1S/C21H17FN4O7/c1-32-16-9-12(6-8-17-24-20(28)19(26(30)31)21(29)25-17)5-7-15(16)33-11-18(27)23-14-4-2-3-13(22)10-14/h2-10H,11H2,1H3,(H,23,27)(H2,24,25,28,29)/b8-6+. The highest BCUT2D eigenvalue weighted by atomic mass is 19.1. The Bertz CT molecular complexity index is 1290. The number of ether oxygens (including phenoxy) is 2. The minimum atomic E-state index is -1.09. The van der Waals surface area contributed by atoms with Gasteiger partial charge in [-0.05, 0) is 42.0 Å². The number of nitro groups is 1. The summed E-state index contributed by atoms with van der Waals surface area (Å²) in [6.07, 6.45) is 2.83. The Balaban J connectivity index is 1.69. The monoisotopic (exact) mass is 456 g/mol. The quantitative estimate of drug-likeness (QED) is 0.345. The van der Waals surface area contributed by atoms with Crippen LogP contribution in [0.25, 0.3) is 12.2 Å². The number of hydrogen-bond acceptors (Lipinski definition) is 8. The average molecular weight is 456 g/mol. The van der Waals surface area contributed by atoms with E-state index in [4.69, 9.17) is 9.47 Å². The Morgan fingerprint density at radius 1 is 1.27 bits per heavy atom. The largest absolute Gasteiger partial charge is 0.493 e. The first kappa shape index (κ1) is 22.9. The van der Waals surface area contributed by atoms with Crippen molar-refractivity contribution in [3.8, 4) is 17.4 Å². The van der Waals surface area contributed by atoms with Gasteiger partial charge >= 0.3 is 11.2 Å². The number of rotatable bonds is 8. The maximum Gasteiger partial charge on any atom is 0.395 e. The molecule has 0 unspecified atom stereocenters. The van der Waals surface area contributed by atoms with Crippen LogP contribution in [0.2, 0.25) is 0 Å². The van der Waals surface area contributed by atoms with Crippen LogP contribution in [0.3, 0.4) is 0 Å². The summed E-state index contributed by atoms with van der Waals surface area (Å²) in [5.41, 5.74) is -1.27. The van der Waals surface area contributed by atoms with E-state index in [0.29, 0.717) is 17.0 Å². The van der Waals surface area contributed by atoms with Crippen molar-refractivity contribution in [1.82, 2.24) is 9.97 Å². The Morgan fingerprint density at radius 2 is 2.06 bits per heavy atom. The average Bonchev–Trinajstić information content (AvgIpc) is 2.75. The number of H-pyrrole nitrogens is 1. The maximum atomic E-state index is 13.2. The van der Waals surface area contributed by atoms with Crippen LogP contribution in [0.1, 0.15) is 11.4 Å². The molecule has 0 bridgehead atoms. The number of carbonyl (C=O) groups excluding carboxylic acids is 1. The van der Waals surface area contributed by atoms with Crippen LogP contribution in [0.4, 0.5) is 15.8 Å². The SMILES string of the molecule is COc1cc(/C=C/c2nc(O)c([N+](=O)[O-])c(=O)[nH]2)ccc1OCC(=O)Nc1cccc(F)c1. The maximum absolute atomic E-state index is 13.2. The summed E-state index contributed by atoms with van der Waals surface area (Å²) >= 11 is 0. The minimum Gasteiger partial charge on any atom is -0.493 e. The minimum absolute atomic E-state index is 0.101. The molecule has 33 heavy (non-hydrogen) atoms. The van der Waals surface area contributed by atoms with Gasteiger partial charge in [0.15, 0.2) is 18.1 Å². The number of aromatic amines is 1. The van der Waals surface area contributed by atoms with Gasteiger partial charge in [0, 0.05) is 5.69 Å². The Hall–Kier alpha value is -4.74. The van der Waals surface area contributed by atoms with Crippen molar-refractivity contribution in [2.24, 2.45) is 0 Å². The highest BCUT2D eigenvalue weighted by molar-refractivity contribution is 5.91. The lowest BCUT2D eigenvalue weighted by molar-refractivity contribution is -0.387. The summed E-state index contributed by atoms with van der Waals surface area (Å²) in [5.74, 6) is -1.52. The molecule has 0 radical (unpaired) electrons. The van der Waals surface area contributed by atoms with E-state index in [0.717, 1.165) is 0 Å². The van der Waals surface area contributed by atoms with E-state index in [1.165, 1.54) is 49.6 Å². The third-order valence-electron chi connectivity index (χ3n) is 4.17. The summed E-state index contributed by atoms with van der Waals surface area (Å²) in [4.78, 5) is 39.2. The summed E-state index contributed by atoms with van der Waals surface area (Å²) < 4.78 is 23.9. The second-order valence-electron chi connectivity index (χ2n) is 6.47. The Kier molecular flexibility index (Phi) is 6.98. The van der Waals surface area contributed by atoms with Gasteiger partial charge in [-0.15, -0.1) is 0 Å². The molecule has 0 saturated heterocycles. The number of hydrogen-bond donors (Lipinski definition) is 3. The van der Waals surface area contributed by atoms with E-state index in [1.807, 2.05) is 0 Å². The molecule has 1 amide bonds. The van der Waals surface area contributed by atoms with E-state index in [1.54, 1.807) is 12.1 Å². The van der Waals surface area contributed by atoms with E-state index in [2.05, 4.69) is 15.3 Å². The molecule has 0 aliphatic rings. The van der Waals surface area contributed by atoms with Crippen LogP contribution in [0.5, 0.6) is 17.4 Å². The predicted octanol–water partition coefficient (Wildman–Crippen LogP) is 2.72. The van der Waals surface area contributed by atoms with Gasteiger partial charge < -0.3 is 24.9 Å². The van der Waals surface area contributed by atoms with E-state index in [9.17, 15) is 29.2 Å². The Morgan fingerprint density at radius 3 is 2.73 bits per heavy atom. The van der Waals surface area contributed by atoms with Crippen LogP contribution >= 0.6 is 0 Å². The lowest BCUT2D eigenvalue weighted by Gasteiger charge is -2.11. The first-order valence-corrected chi connectivity index (χ1v) is 9.29. The van der Waals surface area contributed by atoms with Crippen LogP contribution in [-0.4, -0.2) is 39.6 Å². The summed E-state index contributed by atoms with van der Waals surface area (Å²) in [6, 6.07) is 10.1. The molecule has 11 nitrogen and oxygen atoms in total. The van der Waals surface area contributed by atoms with Crippen LogP contribution in [0.15, 0.2) is 47.3 Å². The van der Waals surface area contributed by atoms with Crippen molar-refractivity contribution in [1.29, 1.82) is 0 Å². The van der Waals surface area contributed by atoms with Crippen LogP contribution in [0, 0.1) is 15.9 Å². The van der Waals surface area contributed by atoms with E-state index >= 15 is 0 Å². The summed E-state index contributed by atoms with van der Waals surface area (Å²) in [5, 5.41) is 22.8. The van der Waals surface area contributed by atoms with Crippen molar-refractivity contribution in [3.05, 3.63) is 80.1 Å². The summed E-state index contributed by atoms with van der Waals surface area (Å²) in [7, 11) is 1.40. The zero-order valence-corrected chi connectivity index (χ0v) is 17.1. The van der Waals surface area contributed by atoms with Gasteiger partial charge in [-0.2, -0.15) is 4.98 Å². The number of carbonyl (C=O) groups is 1. The van der Waals surface area contributed by atoms with Crippen molar-refractivity contribution >= 4 is 29.4 Å². The number of anilines is 1. The molecule has 1 heterocycles. The van der Waals surface area contributed by atoms with Crippen molar-refractivity contribution < 1.29 is 28.7 Å². The molecule has 170 valence electrons. The second kappa shape index (κ2) is 10.0. The number of benzene rings is 2. The lowest BCUT2D eigenvalue weighted by atomic mass is 10.2. The highest BCUT2D eigenvalue weighted by Crippen LogP contribution is 2.29. The number of amides is 1. The number of nitrogens with zero attached hydrogens (tertiary/aromatic N) is 2. The molecule has 2 aromatic carbocycles. The van der Waals surface area contributed by atoms with Crippen molar-refractivity contribution in [2.45, 2.75) is 0 Å². The lowest BCUT2D eigenvalue weighted by Crippen LogP contribution is -2.20. The summed E-state index contributed by atoms with van der Waals surface area (Å²) in [6.45, 7) is -0.352. The van der Waals surface area contributed by atoms with Gasteiger partial charge in [-0.1, -0.05) is 18.2 Å². The normalized spacial score (nSPS) is 10.7. The number of nitrogens with one attached hydrogen (secondary N) is 2. The zero-order valence-electron chi connectivity index (χ0n) is 17.1.